The number of para-hydroxylation sites is 1. The van der Waals surface area contributed by atoms with Gasteiger partial charge in [0.15, 0.2) is 5.96 Å². The third kappa shape index (κ3) is 4.00. The van der Waals surface area contributed by atoms with Crippen LogP contribution in [0.5, 0.6) is 0 Å². The summed E-state index contributed by atoms with van der Waals surface area (Å²) in [5.41, 5.74) is 8.78. The third-order valence-electron chi connectivity index (χ3n) is 3.85. The lowest BCUT2D eigenvalue weighted by atomic mass is 10.0. The molecule has 22 heavy (non-hydrogen) atoms. The number of nitrogens with zero attached hydrogens (tertiary/aromatic N) is 2. The monoisotopic (exact) mass is 304 g/mol. The highest BCUT2D eigenvalue weighted by Gasteiger charge is 2.24. The summed E-state index contributed by atoms with van der Waals surface area (Å²) in [6.45, 7) is 6.92. The molecular formula is C17H28N4O. The Hall–Kier alpha value is -2.04. The van der Waals surface area contributed by atoms with Gasteiger partial charge in [-0.05, 0) is 30.4 Å². The van der Waals surface area contributed by atoms with Crippen molar-refractivity contribution < 1.29 is 4.79 Å². The second kappa shape index (κ2) is 8.41. The molecule has 5 nitrogen and oxygen atoms in total. The highest BCUT2D eigenvalue weighted by molar-refractivity contribution is 6.03. The van der Waals surface area contributed by atoms with Crippen molar-refractivity contribution in [1.29, 1.82) is 5.41 Å². The van der Waals surface area contributed by atoms with Gasteiger partial charge in [0.2, 0.25) is 0 Å². The van der Waals surface area contributed by atoms with Crippen molar-refractivity contribution >= 4 is 17.7 Å². The maximum absolute atomic E-state index is 12.8. The minimum atomic E-state index is -0.239. The van der Waals surface area contributed by atoms with E-state index in [9.17, 15) is 4.79 Å². The van der Waals surface area contributed by atoms with E-state index >= 15 is 0 Å². The van der Waals surface area contributed by atoms with Gasteiger partial charge in [0, 0.05) is 13.6 Å². The Bertz CT molecular complexity index is 505. The molecule has 3 N–H and O–H groups in total. The molecule has 0 atom stereocenters. The minimum absolute atomic E-state index is 0.237. The van der Waals surface area contributed by atoms with Gasteiger partial charge >= 0.3 is 6.03 Å². The van der Waals surface area contributed by atoms with Crippen LogP contribution in [-0.4, -0.2) is 30.5 Å². The van der Waals surface area contributed by atoms with Crippen LogP contribution in [0.3, 0.4) is 0 Å². The second-order valence-electron chi connectivity index (χ2n) is 5.36. The number of guanidine groups is 1. The van der Waals surface area contributed by atoms with Crippen molar-refractivity contribution in [2.75, 3.05) is 18.5 Å². The fraction of sp³-hybridized carbons (Fsp3) is 0.529. The summed E-state index contributed by atoms with van der Waals surface area (Å²) in [5.74, 6) is -0.237. The van der Waals surface area contributed by atoms with E-state index < -0.39 is 0 Å². The number of rotatable bonds is 6. The van der Waals surface area contributed by atoms with Crippen LogP contribution in [0.2, 0.25) is 0 Å². The molecule has 0 saturated heterocycles. The number of urea groups is 1. The second-order valence-corrected chi connectivity index (χ2v) is 5.36. The summed E-state index contributed by atoms with van der Waals surface area (Å²) in [7, 11) is 1.55. The predicted octanol–water partition coefficient (Wildman–Crippen LogP) is 3.36. The van der Waals surface area contributed by atoms with E-state index in [-0.39, 0.29) is 12.0 Å². The molecule has 0 aliphatic heterocycles. The topological polar surface area (TPSA) is 73.4 Å². The number of benzene rings is 1. The van der Waals surface area contributed by atoms with Gasteiger partial charge in [-0.1, -0.05) is 45.4 Å². The zero-order chi connectivity index (χ0) is 16.7. The van der Waals surface area contributed by atoms with Crippen LogP contribution in [0.15, 0.2) is 18.2 Å². The molecule has 0 aliphatic rings. The standard InChI is InChI=1S/C17H28N4O/c1-5-8-12-21(17(22)20(4)16(18)19)15-13(6-2)10-9-11-14(15)7-3/h9-11H,5-8,12H2,1-4H3,(H3,18,19). The number of carbonyl (C=O) groups excluding carboxylic acids is 1. The molecule has 0 radical (unpaired) electrons. The Morgan fingerprint density at radius 1 is 1.18 bits per heavy atom. The first-order valence-corrected chi connectivity index (χ1v) is 7.97. The van der Waals surface area contributed by atoms with Gasteiger partial charge in [0.1, 0.15) is 0 Å². The summed E-state index contributed by atoms with van der Waals surface area (Å²) in [4.78, 5) is 15.7. The first kappa shape index (κ1) is 18.0. The quantitative estimate of drug-likeness (QED) is 0.624. The normalized spacial score (nSPS) is 10.4. The van der Waals surface area contributed by atoms with Crippen molar-refractivity contribution in [1.82, 2.24) is 4.90 Å². The Kier molecular flexibility index (Phi) is 6.89. The number of unbranched alkanes of at least 4 members (excludes halogenated alkanes) is 1. The predicted molar refractivity (Wildman–Crippen MR) is 92.5 cm³/mol. The Morgan fingerprint density at radius 2 is 1.73 bits per heavy atom. The van der Waals surface area contributed by atoms with Gasteiger partial charge in [0.05, 0.1) is 5.69 Å². The highest BCUT2D eigenvalue weighted by atomic mass is 16.2. The third-order valence-corrected chi connectivity index (χ3v) is 3.85. The number of carbonyl (C=O) groups is 1. The van der Waals surface area contributed by atoms with Gasteiger partial charge in [-0.3, -0.25) is 15.2 Å². The largest absolute Gasteiger partial charge is 0.370 e. The molecule has 0 fully saturated rings. The lowest BCUT2D eigenvalue weighted by Gasteiger charge is -2.30. The van der Waals surface area contributed by atoms with Crippen molar-refractivity contribution in [3.8, 4) is 0 Å². The van der Waals surface area contributed by atoms with E-state index in [1.165, 1.54) is 4.90 Å². The number of anilines is 1. The lowest BCUT2D eigenvalue weighted by molar-refractivity contribution is 0.232. The number of nitrogens with two attached hydrogens (primary N) is 1. The molecule has 0 heterocycles. The molecule has 5 heteroatoms. The number of nitrogens with one attached hydrogen (secondary N) is 1. The first-order chi connectivity index (χ1) is 10.5. The van der Waals surface area contributed by atoms with Gasteiger partial charge in [-0.15, -0.1) is 0 Å². The van der Waals surface area contributed by atoms with E-state index in [0.29, 0.717) is 6.54 Å². The summed E-state index contributed by atoms with van der Waals surface area (Å²) >= 11 is 0. The van der Waals surface area contributed by atoms with Crippen molar-refractivity contribution in [3.05, 3.63) is 29.3 Å². The van der Waals surface area contributed by atoms with Crippen LogP contribution in [-0.2, 0) is 12.8 Å². The van der Waals surface area contributed by atoms with Crippen LogP contribution in [0.1, 0.15) is 44.7 Å². The Balaban J connectivity index is 3.33. The molecule has 0 bridgehead atoms. The van der Waals surface area contributed by atoms with Gasteiger partial charge in [-0.2, -0.15) is 0 Å². The van der Waals surface area contributed by atoms with Crippen LogP contribution in [0.4, 0.5) is 10.5 Å². The molecule has 0 unspecified atom stereocenters. The van der Waals surface area contributed by atoms with Crippen LogP contribution in [0.25, 0.3) is 0 Å². The fourth-order valence-corrected chi connectivity index (χ4v) is 2.47. The summed E-state index contributed by atoms with van der Waals surface area (Å²) < 4.78 is 0. The van der Waals surface area contributed by atoms with Crippen molar-refractivity contribution in [2.24, 2.45) is 5.73 Å². The highest BCUT2D eigenvalue weighted by Crippen LogP contribution is 2.28. The van der Waals surface area contributed by atoms with Gasteiger partial charge < -0.3 is 5.73 Å². The summed E-state index contributed by atoms with van der Waals surface area (Å²) in [6.07, 6.45) is 3.65. The SMILES string of the molecule is CCCCN(C(=O)N(C)C(=N)N)c1c(CC)cccc1CC. The van der Waals surface area contributed by atoms with Crippen molar-refractivity contribution in [2.45, 2.75) is 46.5 Å². The van der Waals surface area contributed by atoms with Gasteiger partial charge in [-0.25, -0.2) is 4.79 Å². The fourth-order valence-electron chi connectivity index (χ4n) is 2.47. The van der Waals surface area contributed by atoms with E-state index in [1.807, 2.05) is 6.07 Å². The number of hydrogen-bond acceptors (Lipinski definition) is 2. The first-order valence-electron chi connectivity index (χ1n) is 7.97. The number of amides is 2. The average Bonchev–Trinajstić information content (AvgIpc) is 2.53. The zero-order valence-corrected chi connectivity index (χ0v) is 14.1. The molecule has 0 saturated carbocycles. The van der Waals surface area contributed by atoms with E-state index in [1.54, 1.807) is 11.9 Å². The summed E-state index contributed by atoms with van der Waals surface area (Å²) in [6, 6.07) is 5.93. The van der Waals surface area contributed by atoms with Crippen LogP contribution >= 0.6 is 0 Å². The maximum Gasteiger partial charge on any atom is 0.331 e. The molecular weight excluding hydrogens is 276 g/mol. The molecule has 0 aliphatic carbocycles. The number of hydrogen-bond donors (Lipinski definition) is 2. The summed E-state index contributed by atoms with van der Waals surface area (Å²) in [5, 5.41) is 7.52. The van der Waals surface area contributed by atoms with E-state index in [4.69, 9.17) is 11.1 Å². The molecule has 1 rings (SSSR count). The molecule has 0 aromatic heterocycles. The Labute approximate surface area is 133 Å². The van der Waals surface area contributed by atoms with Crippen LogP contribution in [0, 0.1) is 5.41 Å². The van der Waals surface area contributed by atoms with E-state index in [2.05, 4.69) is 32.9 Å². The molecule has 0 spiro atoms. The zero-order valence-electron chi connectivity index (χ0n) is 14.1. The smallest absolute Gasteiger partial charge is 0.331 e. The maximum atomic E-state index is 12.8. The molecule has 2 amide bonds. The molecule has 1 aromatic carbocycles. The average molecular weight is 304 g/mol. The molecule has 122 valence electrons. The van der Waals surface area contributed by atoms with Crippen molar-refractivity contribution in [3.63, 3.8) is 0 Å². The molecule has 1 aromatic rings. The Morgan fingerprint density at radius 3 is 2.14 bits per heavy atom. The van der Waals surface area contributed by atoms with E-state index in [0.717, 1.165) is 42.5 Å². The lowest BCUT2D eigenvalue weighted by Crippen LogP contribution is -2.47. The van der Waals surface area contributed by atoms with Crippen LogP contribution < -0.4 is 10.6 Å². The van der Waals surface area contributed by atoms with Gasteiger partial charge in [0.25, 0.3) is 0 Å². The number of aryl methyl sites for hydroxylation is 2. The minimum Gasteiger partial charge on any atom is -0.370 e.